The van der Waals surface area contributed by atoms with Gasteiger partial charge < -0.3 is 54.8 Å². The second-order valence-corrected chi connectivity index (χ2v) is 15.7. The highest BCUT2D eigenvalue weighted by atomic mass is 35.5. The maximum Gasteiger partial charge on any atom is 0.323 e. The summed E-state index contributed by atoms with van der Waals surface area (Å²) in [5.74, 6) is 2.62. The molecule has 0 heterocycles. The van der Waals surface area contributed by atoms with E-state index in [-0.39, 0.29) is 11.7 Å². The first-order valence-corrected chi connectivity index (χ1v) is 22.2. The number of nitrogens with two attached hydrogens (primary N) is 4. The summed E-state index contributed by atoms with van der Waals surface area (Å²) in [4.78, 5) is 52.0. The molecule has 0 spiro atoms. The van der Waals surface area contributed by atoms with Gasteiger partial charge in [-0.1, -0.05) is 17.7 Å². The zero-order chi connectivity index (χ0) is 50.2. The Morgan fingerprint density at radius 1 is 0.514 bits per heavy atom. The average Bonchev–Trinajstić information content (AvgIpc) is 3.36. The molecule has 0 saturated carbocycles. The standard InChI is InChI=1S/C51H55ClN16O2/c1-30-6-16-40(67-50(69)65-38-21-11-33(12-22-38)48(58-3)59-4)29-43(30)68-51(70)66-39-23-13-34(14-24-39)49(60-5)62-27-26-61-45(54)32-9-19-36(20-10-32)63-46(55)35-15-25-42(52)41(28-35)47(56)64-37-17-7-31(8-18-37)44(53)57-2/h6-25,28-29H,26-27H2,1-5H3,(H2,53,57)(H2,54,61)(H2,55,63)(H2,56,64)(H,58,59)(H,60,62)(H2,65,67,69)(H2,66,68,70). The normalized spacial score (nSPS) is 12.5. The number of nitrogens with zero attached hydrogens (tertiary/aromatic N) is 6. The van der Waals surface area contributed by atoms with Crippen LogP contribution in [0.15, 0.2) is 163 Å². The number of rotatable bonds is 15. The molecule has 358 valence electrons. The lowest BCUT2D eigenvalue weighted by atomic mass is 10.1. The van der Waals surface area contributed by atoms with E-state index >= 15 is 0 Å². The van der Waals surface area contributed by atoms with Gasteiger partial charge in [0.1, 0.15) is 35.0 Å². The van der Waals surface area contributed by atoms with E-state index in [1.165, 1.54) is 0 Å². The third kappa shape index (κ3) is 13.8. The summed E-state index contributed by atoms with van der Waals surface area (Å²) in [7, 11) is 6.81. The molecule has 0 aliphatic rings. The van der Waals surface area contributed by atoms with Gasteiger partial charge in [-0.05, 0) is 140 Å². The summed E-state index contributed by atoms with van der Waals surface area (Å²) >= 11 is 6.50. The maximum atomic E-state index is 13.0. The van der Waals surface area contributed by atoms with E-state index in [9.17, 15) is 9.59 Å². The first-order valence-electron chi connectivity index (χ1n) is 21.8. The molecule has 0 bridgehead atoms. The fourth-order valence-electron chi connectivity index (χ4n) is 6.80. The van der Waals surface area contributed by atoms with Crippen LogP contribution in [-0.4, -0.2) is 88.4 Å². The molecule has 0 radical (unpaired) electrons. The van der Waals surface area contributed by atoms with Gasteiger partial charge in [0.2, 0.25) is 0 Å². The number of hydrogen-bond acceptors (Lipinski definition) is 8. The lowest BCUT2D eigenvalue weighted by molar-refractivity contribution is 0.261. The molecular formula is C51H55ClN16O2. The molecule has 6 aromatic rings. The van der Waals surface area contributed by atoms with Crippen molar-refractivity contribution in [1.29, 1.82) is 0 Å². The molecule has 70 heavy (non-hydrogen) atoms. The molecule has 18 nitrogen and oxygen atoms in total. The van der Waals surface area contributed by atoms with Gasteiger partial charge in [-0.15, -0.1) is 0 Å². The van der Waals surface area contributed by atoms with Crippen LogP contribution in [0.1, 0.15) is 38.9 Å². The van der Waals surface area contributed by atoms with Gasteiger partial charge in [0.15, 0.2) is 0 Å². The van der Waals surface area contributed by atoms with Crippen LogP contribution in [0.5, 0.6) is 0 Å². The van der Waals surface area contributed by atoms with Crippen molar-refractivity contribution in [2.24, 2.45) is 52.9 Å². The highest BCUT2D eigenvalue weighted by Crippen LogP contribution is 2.24. The topological polar surface area (TPSA) is 285 Å². The molecule has 0 fully saturated rings. The molecule has 4 amide bonds. The largest absolute Gasteiger partial charge is 0.384 e. The minimum atomic E-state index is -0.451. The maximum absolute atomic E-state index is 13.0. The van der Waals surface area contributed by atoms with Crippen molar-refractivity contribution >= 4 is 92.8 Å². The Kier molecular flexibility index (Phi) is 17.4. The van der Waals surface area contributed by atoms with E-state index in [4.69, 9.17) is 34.5 Å². The molecule has 0 aliphatic heterocycles. The smallest absolute Gasteiger partial charge is 0.323 e. The molecule has 0 atom stereocenters. The average molecular weight is 960 g/mol. The lowest BCUT2D eigenvalue weighted by Gasteiger charge is -2.14. The Hall–Kier alpha value is -9.03. The number of amides is 4. The predicted octanol–water partition coefficient (Wildman–Crippen LogP) is 7.31. The zero-order valence-corrected chi connectivity index (χ0v) is 40.1. The highest BCUT2D eigenvalue weighted by Gasteiger charge is 2.12. The third-order valence-corrected chi connectivity index (χ3v) is 10.9. The first-order chi connectivity index (χ1) is 33.8. The Morgan fingerprint density at radius 2 is 1.00 bits per heavy atom. The summed E-state index contributed by atoms with van der Waals surface area (Å²) in [5, 5.41) is 18.1. The monoisotopic (exact) mass is 958 g/mol. The molecule has 0 unspecified atom stereocenters. The van der Waals surface area contributed by atoms with Crippen LogP contribution in [-0.2, 0) is 0 Å². The Morgan fingerprint density at radius 3 is 1.56 bits per heavy atom. The number of carbonyl (C=O) groups is 2. The van der Waals surface area contributed by atoms with Crippen LogP contribution >= 0.6 is 11.6 Å². The second-order valence-electron chi connectivity index (χ2n) is 15.3. The number of hydrogen-bond donors (Lipinski definition) is 10. The summed E-state index contributed by atoms with van der Waals surface area (Å²) in [6, 6.07) is 38.5. The first kappa shape index (κ1) is 50.4. The van der Waals surface area contributed by atoms with Crippen LogP contribution < -0.4 is 54.8 Å². The molecule has 6 aromatic carbocycles. The number of anilines is 4. The molecule has 14 N–H and O–H groups in total. The van der Waals surface area contributed by atoms with E-state index in [2.05, 4.69) is 61.9 Å². The highest BCUT2D eigenvalue weighted by molar-refractivity contribution is 6.34. The molecule has 0 aromatic heterocycles. The van der Waals surface area contributed by atoms with Crippen molar-refractivity contribution < 1.29 is 9.59 Å². The van der Waals surface area contributed by atoms with Crippen molar-refractivity contribution in [3.63, 3.8) is 0 Å². The predicted molar refractivity (Wildman–Crippen MR) is 289 cm³/mol. The van der Waals surface area contributed by atoms with Crippen molar-refractivity contribution in [3.05, 3.63) is 177 Å². The van der Waals surface area contributed by atoms with Gasteiger partial charge in [0.05, 0.1) is 22.9 Å². The number of carbonyl (C=O) groups excluding carboxylic acids is 2. The van der Waals surface area contributed by atoms with Crippen molar-refractivity contribution in [1.82, 2.24) is 10.6 Å². The van der Waals surface area contributed by atoms with Crippen molar-refractivity contribution in [2.45, 2.75) is 6.92 Å². The van der Waals surface area contributed by atoms with Crippen LogP contribution in [0.2, 0.25) is 5.02 Å². The number of aryl methyl sites for hydroxylation is 1. The zero-order valence-electron chi connectivity index (χ0n) is 39.3. The quantitative estimate of drug-likeness (QED) is 0.0282. The number of urea groups is 2. The molecule has 6 rings (SSSR count). The van der Waals surface area contributed by atoms with Gasteiger partial charge in [-0.3, -0.25) is 20.0 Å². The van der Waals surface area contributed by atoms with Crippen LogP contribution in [0.25, 0.3) is 0 Å². The SMILES string of the molecule is CN=C(N)c1ccc(N=C(N)c2cc(C(N)=Nc3ccc(C(N)=NCCNC(=NC)c4ccc(NC(=O)Nc5cc(NC(=O)Nc6ccc(C(=NC)NC)cc6)ccc5C)cc4)cc3)ccc2Cl)cc1. The number of aliphatic imine (C=N–C) groups is 6. The minimum absolute atomic E-state index is 0.211. The minimum Gasteiger partial charge on any atom is -0.384 e. The number of amidine groups is 6. The summed E-state index contributed by atoms with van der Waals surface area (Å²) < 4.78 is 0. The fourth-order valence-corrected chi connectivity index (χ4v) is 7.01. The molecule has 0 aliphatic carbocycles. The van der Waals surface area contributed by atoms with Gasteiger partial charge in [0.25, 0.3) is 0 Å². The Labute approximate surface area is 411 Å². The van der Waals surface area contributed by atoms with E-state index in [0.717, 1.165) is 33.7 Å². The third-order valence-electron chi connectivity index (χ3n) is 10.6. The number of nitrogens with one attached hydrogen (secondary N) is 6. The summed E-state index contributed by atoms with van der Waals surface area (Å²) in [6.07, 6.45) is 0. The van der Waals surface area contributed by atoms with Gasteiger partial charge in [-0.2, -0.15) is 0 Å². The Bertz CT molecular complexity index is 3000. The fraction of sp³-hybridized carbons (Fsp3) is 0.137. The molecular weight excluding hydrogens is 904 g/mol. The van der Waals surface area contributed by atoms with E-state index in [1.54, 1.807) is 113 Å². The number of benzene rings is 6. The van der Waals surface area contributed by atoms with Gasteiger partial charge >= 0.3 is 12.1 Å². The van der Waals surface area contributed by atoms with Crippen LogP contribution in [0.3, 0.4) is 0 Å². The lowest BCUT2D eigenvalue weighted by Crippen LogP contribution is -2.28. The van der Waals surface area contributed by atoms with E-state index in [0.29, 0.717) is 80.9 Å². The van der Waals surface area contributed by atoms with E-state index in [1.807, 2.05) is 55.5 Å². The van der Waals surface area contributed by atoms with Crippen LogP contribution in [0, 0.1) is 6.92 Å². The van der Waals surface area contributed by atoms with E-state index < -0.39 is 12.1 Å². The summed E-state index contributed by atoms with van der Waals surface area (Å²) in [6.45, 7) is 2.69. The number of halogens is 1. The van der Waals surface area contributed by atoms with Crippen molar-refractivity contribution in [3.8, 4) is 0 Å². The Balaban J connectivity index is 0.968. The molecule has 0 saturated heterocycles. The van der Waals surface area contributed by atoms with Crippen LogP contribution in [0.4, 0.5) is 43.7 Å². The van der Waals surface area contributed by atoms with Crippen molar-refractivity contribution in [2.75, 3.05) is 62.5 Å². The van der Waals surface area contributed by atoms with Gasteiger partial charge in [0, 0.05) is 90.9 Å². The van der Waals surface area contributed by atoms with Gasteiger partial charge in [-0.25, -0.2) is 19.6 Å². The molecule has 19 heteroatoms. The summed E-state index contributed by atoms with van der Waals surface area (Å²) in [5.41, 5.74) is 33.6. The second kappa shape index (κ2) is 24.1.